The van der Waals surface area contributed by atoms with Gasteiger partial charge in [-0.3, -0.25) is 0 Å². The van der Waals surface area contributed by atoms with Crippen molar-refractivity contribution in [2.24, 2.45) is 5.73 Å². The topological polar surface area (TPSA) is 44.5 Å². The van der Waals surface area contributed by atoms with E-state index in [0.717, 1.165) is 12.8 Å². The fourth-order valence-electron chi connectivity index (χ4n) is 1.62. The maximum Gasteiger partial charge on any atom is 0.107 e. The van der Waals surface area contributed by atoms with Crippen molar-refractivity contribution in [1.82, 2.24) is 0 Å². The zero-order valence-corrected chi connectivity index (χ0v) is 12.6. The zero-order chi connectivity index (χ0) is 13.6. The molecular weight excluding hydrogens is 246 g/mol. The number of hydrogen-bond acceptors (Lipinski definition) is 4. The maximum absolute atomic E-state index is 6.14. The van der Waals surface area contributed by atoms with Crippen molar-refractivity contribution in [1.29, 1.82) is 0 Å². The minimum atomic E-state index is -0.143. The molecule has 0 aliphatic rings. The van der Waals surface area contributed by atoms with Crippen LogP contribution >= 0.6 is 11.3 Å². The maximum atomic E-state index is 6.14. The third-order valence-electron chi connectivity index (χ3n) is 3.24. The van der Waals surface area contributed by atoms with Crippen molar-refractivity contribution >= 4 is 11.3 Å². The lowest BCUT2D eigenvalue weighted by Crippen LogP contribution is -2.31. The normalized spacial score (nSPS) is 15.6. The van der Waals surface area contributed by atoms with Gasteiger partial charge in [0, 0.05) is 18.0 Å². The monoisotopic (exact) mass is 271 g/mol. The Hall–Kier alpha value is -0.420. The smallest absolute Gasteiger partial charge is 0.107 e. The first kappa shape index (κ1) is 15.6. The molecule has 0 saturated heterocycles. The van der Waals surface area contributed by atoms with Crippen LogP contribution in [0, 0.1) is 0 Å². The Morgan fingerprint density at radius 3 is 2.67 bits per heavy atom. The molecule has 0 aliphatic carbocycles. The lowest BCUT2D eigenvalue weighted by Gasteiger charge is -2.26. The van der Waals surface area contributed by atoms with E-state index in [0.29, 0.717) is 6.61 Å². The van der Waals surface area contributed by atoms with Crippen LogP contribution in [0.15, 0.2) is 17.5 Å². The van der Waals surface area contributed by atoms with Crippen molar-refractivity contribution in [3.63, 3.8) is 0 Å². The number of ether oxygens (including phenoxy) is 2. The summed E-state index contributed by atoms with van der Waals surface area (Å²) in [6.07, 6.45) is 1.78. The lowest BCUT2D eigenvalue weighted by atomic mass is 10.1. The molecule has 0 spiro atoms. The van der Waals surface area contributed by atoms with Gasteiger partial charge in [-0.05, 0) is 38.1 Å². The number of nitrogens with two attached hydrogens (primary N) is 1. The van der Waals surface area contributed by atoms with Crippen LogP contribution in [-0.2, 0) is 9.47 Å². The molecule has 1 aromatic rings. The van der Waals surface area contributed by atoms with Gasteiger partial charge in [-0.15, -0.1) is 11.3 Å². The molecule has 0 saturated carbocycles. The molecule has 2 unspecified atom stereocenters. The minimum Gasteiger partial charge on any atom is -0.379 e. The molecule has 0 amide bonds. The summed E-state index contributed by atoms with van der Waals surface area (Å²) >= 11 is 1.70. The van der Waals surface area contributed by atoms with Crippen LogP contribution in [0.25, 0.3) is 0 Å². The first-order valence-electron chi connectivity index (χ1n) is 6.46. The molecule has 0 bridgehead atoms. The highest BCUT2D eigenvalue weighted by Crippen LogP contribution is 2.27. The first-order valence-corrected chi connectivity index (χ1v) is 7.34. The Balaban J connectivity index is 2.53. The Labute approximate surface area is 114 Å². The molecule has 4 heteroatoms. The summed E-state index contributed by atoms with van der Waals surface area (Å²) in [4.78, 5) is 1.21. The van der Waals surface area contributed by atoms with Crippen LogP contribution in [0.1, 0.15) is 44.6 Å². The number of rotatable bonds is 8. The molecule has 3 nitrogen and oxygen atoms in total. The van der Waals surface area contributed by atoms with Gasteiger partial charge < -0.3 is 15.2 Å². The van der Waals surface area contributed by atoms with Crippen LogP contribution < -0.4 is 5.73 Å². The van der Waals surface area contributed by atoms with E-state index in [9.17, 15) is 0 Å². The van der Waals surface area contributed by atoms with Crippen molar-refractivity contribution < 1.29 is 9.47 Å². The number of methoxy groups -OCH3 is 1. The van der Waals surface area contributed by atoms with E-state index in [1.165, 1.54) is 4.88 Å². The zero-order valence-electron chi connectivity index (χ0n) is 11.8. The third kappa shape index (κ3) is 4.69. The summed E-state index contributed by atoms with van der Waals surface area (Å²) in [7, 11) is 1.73. The van der Waals surface area contributed by atoms with E-state index >= 15 is 0 Å². The molecule has 1 rings (SSSR count). The van der Waals surface area contributed by atoms with E-state index in [-0.39, 0.29) is 17.7 Å². The van der Waals surface area contributed by atoms with Gasteiger partial charge in [-0.2, -0.15) is 0 Å². The Morgan fingerprint density at radius 1 is 1.44 bits per heavy atom. The lowest BCUT2D eigenvalue weighted by molar-refractivity contribution is -0.0324. The fraction of sp³-hybridized carbons (Fsp3) is 0.714. The number of thiophene rings is 1. The predicted molar refractivity (Wildman–Crippen MR) is 77.0 cm³/mol. The summed E-state index contributed by atoms with van der Waals surface area (Å²) in [6.45, 7) is 6.89. The first-order chi connectivity index (χ1) is 8.50. The highest BCUT2D eigenvalue weighted by atomic mass is 32.1. The molecular formula is C14H25NO2S. The molecule has 1 heterocycles. The third-order valence-corrected chi connectivity index (χ3v) is 4.17. The molecule has 2 atom stereocenters. The second kappa shape index (κ2) is 7.24. The van der Waals surface area contributed by atoms with E-state index in [1.54, 1.807) is 18.4 Å². The van der Waals surface area contributed by atoms with Crippen LogP contribution in [0.4, 0.5) is 0 Å². The summed E-state index contributed by atoms with van der Waals surface area (Å²) in [5.41, 5.74) is 6.00. The highest BCUT2D eigenvalue weighted by molar-refractivity contribution is 7.10. The van der Waals surface area contributed by atoms with E-state index in [4.69, 9.17) is 15.2 Å². The average molecular weight is 271 g/mol. The molecule has 0 aliphatic heterocycles. The standard InChI is InChI=1S/C14H25NO2S/c1-5-11(15)13(12-7-6-10-18-12)17-9-8-14(2,3)16-4/h6-7,10-11,13H,5,8-9,15H2,1-4H3. The molecule has 0 fully saturated rings. The van der Waals surface area contributed by atoms with Gasteiger partial charge in [-0.25, -0.2) is 0 Å². The molecule has 18 heavy (non-hydrogen) atoms. The predicted octanol–water partition coefficient (Wildman–Crippen LogP) is 3.36. The fourth-order valence-corrected chi connectivity index (χ4v) is 2.47. The molecule has 104 valence electrons. The number of hydrogen-bond donors (Lipinski definition) is 1. The highest BCUT2D eigenvalue weighted by Gasteiger charge is 2.22. The van der Waals surface area contributed by atoms with Crippen molar-refractivity contribution in [2.45, 2.75) is 51.4 Å². The summed E-state index contributed by atoms with van der Waals surface area (Å²) in [5.74, 6) is 0. The van der Waals surface area contributed by atoms with Gasteiger partial charge in [0.15, 0.2) is 0 Å². The Kier molecular flexibility index (Phi) is 6.29. The average Bonchev–Trinajstić information content (AvgIpc) is 2.87. The summed E-state index contributed by atoms with van der Waals surface area (Å²) in [6, 6.07) is 4.18. The van der Waals surface area contributed by atoms with E-state index in [1.807, 2.05) is 6.07 Å². The van der Waals surface area contributed by atoms with E-state index in [2.05, 4.69) is 32.2 Å². The Bertz CT molecular complexity index is 325. The quantitative estimate of drug-likeness (QED) is 0.788. The molecule has 0 radical (unpaired) electrons. The van der Waals surface area contributed by atoms with Crippen LogP contribution in [-0.4, -0.2) is 25.4 Å². The molecule has 0 aromatic carbocycles. The van der Waals surface area contributed by atoms with Crippen LogP contribution in [0.5, 0.6) is 0 Å². The molecule has 2 N–H and O–H groups in total. The van der Waals surface area contributed by atoms with Gasteiger partial charge >= 0.3 is 0 Å². The second-order valence-electron chi connectivity index (χ2n) is 5.09. The van der Waals surface area contributed by atoms with Crippen LogP contribution in [0.2, 0.25) is 0 Å². The van der Waals surface area contributed by atoms with Gasteiger partial charge in [0.1, 0.15) is 6.10 Å². The summed E-state index contributed by atoms with van der Waals surface area (Å²) < 4.78 is 11.4. The van der Waals surface area contributed by atoms with E-state index < -0.39 is 0 Å². The minimum absolute atomic E-state index is 0.00246. The Morgan fingerprint density at radius 2 is 2.17 bits per heavy atom. The summed E-state index contributed by atoms with van der Waals surface area (Å²) in [5, 5.41) is 2.06. The van der Waals surface area contributed by atoms with Gasteiger partial charge in [0.2, 0.25) is 0 Å². The van der Waals surface area contributed by atoms with Gasteiger partial charge in [0.25, 0.3) is 0 Å². The van der Waals surface area contributed by atoms with Gasteiger partial charge in [-0.1, -0.05) is 13.0 Å². The second-order valence-corrected chi connectivity index (χ2v) is 6.07. The van der Waals surface area contributed by atoms with Crippen molar-refractivity contribution in [2.75, 3.05) is 13.7 Å². The van der Waals surface area contributed by atoms with Crippen molar-refractivity contribution in [3.05, 3.63) is 22.4 Å². The SMILES string of the molecule is CCC(N)C(OCCC(C)(C)OC)c1cccs1. The van der Waals surface area contributed by atoms with Gasteiger partial charge in [0.05, 0.1) is 12.2 Å². The largest absolute Gasteiger partial charge is 0.379 e. The molecule has 1 aromatic heterocycles. The van der Waals surface area contributed by atoms with Crippen LogP contribution in [0.3, 0.4) is 0 Å². The van der Waals surface area contributed by atoms with Crippen molar-refractivity contribution in [3.8, 4) is 0 Å².